The number of rotatable bonds is 5. The second-order valence-corrected chi connectivity index (χ2v) is 7.73. The van der Waals surface area contributed by atoms with Crippen LogP contribution in [-0.4, -0.2) is 28.7 Å². The van der Waals surface area contributed by atoms with Gasteiger partial charge in [-0.3, -0.25) is 19.3 Å². The zero-order valence-corrected chi connectivity index (χ0v) is 17.0. The highest BCUT2D eigenvalue weighted by Gasteiger charge is 2.43. The Morgan fingerprint density at radius 1 is 1.07 bits per heavy atom. The smallest absolute Gasteiger partial charge is 0.262 e. The molecule has 0 radical (unpaired) electrons. The van der Waals surface area contributed by atoms with Crippen molar-refractivity contribution in [1.82, 2.24) is 4.90 Å². The molecule has 0 saturated carbocycles. The van der Waals surface area contributed by atoms with Crippen LogP contribution < -0.4 is 5.32 Å². The lowest BCUT2D eigenvalue weighted by Crippen LogP contribution is -2.50. The summed E-state index contributed by atoms with van der Waals surface area (Å²) in [6, 6.07) is 11.5. The van der Waals surface area contributed by atoms with Crippen LogP contribution in [0.25, 0.3) is 0 Å². The van der Waals surface area contributed by atoms with Gasteiger partial charge in [-0.05, 0) is 58.1 Å². The predicted octanol–water partition coefficient (Wildman–Crippen LogP) is 4.27. The van der Waals surface area contributed by atoms with Crippen LogP contribution >= 0.6 is 15.9 Å². The van der Waals surface area contributed by atoms with Crippen LogP contribution in [0.5, 0.6) is 0 Å². The van der Waals surface area contributed by atoms with Gasteiger partial charge in [-0.1, -0.05) is 39.0 Å². The third-order valence-corrected chi connectivity index (χ3v) is 5.36. The van der Waals surface area contributed by atoms with Gasteiger partial charge in [0.2, 0.25) is 5.91 Å². The quantitative estimate of drug-likeness (QED) is 0.722. The number of amides is 3. The topological polar surface area (TPSA) is 66.5 Å². The number of nitrogens with zero attached hydrogens (tertiary/aromatic N) is 1. The SMILES string of the molecule is CCc1ccc(NC(=O)C(C(C)C)N2C(=O)c3ccccc3C2=O)c(Br)c1. The average molecular weight is 429 g/mol. The van der Waals surface area contributed by atoms with E-state index in [1.54, 1.807) is 24.3 Å². The molecule has 1 aliphatic rings. The van der Waals surface area contributed by atoms with Crippen molar-refractivity contribution < 1.29 is 14.4 Å². The molecule has 5 nitrogen and oxygen atoms in total. The maximum Gasteiger partial charge on any atom is 0.262 e. The number of hydrogen-bond donors (Lipinski definition) is 1. The first-order valence-electron chi connectivity index (χ1n) is 8.91. The molecular formula is C21H21BrN2O3. The first-order chi connectivity index (χ1) is 12.8. The maximum absolute atomic E-state index is 13.0. The van der Waals surface area contributed by atoms with Gasteiger partial charge in [0.25, 0.3) is 11.8 Å². The molecule has 27 heavy (non-hydrogen) atoms. The second kappa shape index (κ2) is 7.64. The van der Waals surface area contributed by atoms with Gasteiger partial charge in [0.05, 0.1) is 16.8 Å². The minimum Gasteiger partial charge on any atom is -0.323 e. The molecule has 0 fully saturated rings. The van der Waals surface area contributed by atoms with Gasteiger partial charge in [0, 0.05) is 4.47 Å². The molecule has 1 heterocycles. The van der Waals surface area contributed by atoms with E-state index < -0.39 is 17.9 Å². The summed E-state index contributed by atoms with van der Waals surface area (Å²) < 4.78 is 0.764. The third kappa shape index (κ3) is 3.54. The van der Waals surface area contributed by atoms with Crippen molar-refractivity contribution in [3.63, 3.8) is 0 Å². The van der Waals surface area contributed by atoms with Crippen LogP contribution in [0.1, 0.15) is 47.1 Å². The fraction of sp³-hybridized carbons (Fsp3) is 0.286. The van der Waals surface area contributed by atoms with E-state index in [0.29, 0.717) is 16.8 Å². The van der Waals surface area contributed by atoms with Crippen LogP contribution in [0.15, 0.2) is 46.9 Å². The predicted molar refractivity (Wildman–Crippen MR) is 108 cm³/mol. The van der Waals surface area contributed by atoms with Gasteiger partial charge < -0.3 is 5.32 Å². The molecule has 6 heteroatoms. The number of fused-ring (bicyclic) bond motifs is 1. The Kier molecular flexibility index (Phi) is 5.46. The average Bonchev–Trinajstić information content (AvgIpc) is 2.89. The Morgan fingerprint density at radius 2 is 1.67 bits per heavy atom. The van der Waals surface area contributed by atoms with Gasteiger partial charge in [-0.25, -0.2) is 0 Å². The van der Waals surface area contributed by atoms with E-state index in [4.69, 9.17) is 0 Å². The Bertz CT molecular complexity index is 888. The summed E-state index contributed by atoms with van der Waals surface area (Å²) >= 11 is 3.47. The van der Waals surface area contributed by atoms with E-state index in [1.807, 2.05) is 32.0 Å². The zero-order valence-electron chi connectivity index (χ0n) is 15.5. The van der Waals surface area contributed by atoms with E-state index in [2.05, 4.69) is 28.2 Å². The number of carbonyl (C=O) groups excluding carboxylic acids is 3. The van der Waals surface area contributed by atoms with Crippen LogP contribution in [0.2, 0.25) is 0 Å². The molecule has 1 unspecified atom stereocenters. The Hall–Kier alpha value is -2.47. The third-order valence-electron chi connectivity index (χ3n) is 4.70. The van der Waals surface area contributed by atoms with Crippen LogP contribution in [0, 0.1) is 5.92 Å². The van der Waals surface area contributed by atoms with Crippen molar-refractivity contribution in [1.29, 1.82) is 0 Å². The molecule has 0 saturated heterocycles. The molecule has 2 aromatic rings. The van der Waals surface area contributed by atoms with E-state index in [9.17, 15) is 14.4 Å². The lowest BCUT2D eigenvalue weighted by atomic mass is 10.0. The summed E-state index contributed by atoms with van der Waals surface area (Å²) in [5.41, 5.74) is 2.43. The van der Waals surface area contributed by atoms with E-state index in [-0.39, 0.29) is 11.8 Å². The largest absolute Gasteiger partial charge is 0.323 e. The Morgan fingerprint density at radius 3 is 2.15 bits per heavy atom. The van der Waals surface area contributed by atoms with Crippen LogP contribution in [0.3, 0.4) is 0 Å². The molecule has 0 spiro atoms. The highest BCUT2D eigenvalue weighted by molar-refractivity contribution is 9.10. The van der Waals surface area contributed by atoms with Crippen molar-refractivity contribution in [2.75, 3.05) is 5.32 Å². The first kappa shape index (κ1) is 19.3. The number of halogens is 1. The van der Waals surface area contributed by atoms with Gasteiger partial charge >= 0.3 is 0 Å². The summed E-state index contributed by atoms with van der Waals surface area (Å²) in [7, 11) is 0. The van der Waals surface area contributed by atoms with E-state index in [1.165, 1.54) is 0 Å². The van der Waals surface area contributed by atoms with Gasteiger partial charge in [0.1, 0.15) is 6.04 Å². The lowest BCUT2D eigenvalue weighted by molar-refractivity contribution is -0.121. The van der Waals surface area contributed by atoms with E-state index in [0.717, 1.165) is 21.4 Å². The van der Waals surface area contributed by atoms with Gasteiger partial charge in [-0.15, -0.1) is 0 Å². The fourth-order valence-corrected chi connectivity index (χ4v) is 3.79. The zero-order chi connectivity index (χ0) is 19.7. The normalized spacial score (nSPS) is 14.5. The molecule has 3 rings (SSSR count). The molecule has 2 aromatic carbocycles. The van der Waals surface area contributed by atoms with Gasteiger partial charge in [-0.2, -0.15) is 0 Å². The van der Waals surface area contributed by atoms with Crippen molar-refractivity contribution in [3.05, 3.63) is 63.6 Å². The number of carbonyl (C=O) groups is 3. The minimum absolute atomic E-state index is 0.235. The summed E-state index contributed by atoms with van der Waals surface area (Å²) in [5.74, 6) is -1.47. The summed E-state index contributed by atoms with van der Waals surface area (Å²) in [6.45, 7) is 5.70. The summed E-state index contributed by atoms with van der Waals surface area (Å²) in [5, 5.41) is 2.86. The highest BCUT2D eigenvalue weighted by atomic mass is 79.9. The molecule has 0 aliphatic carbocycles. The molecule has 1 N–H and O–H groups in total. The van der Waals surface area contributed by atoms with Crippen LogP contribution in [-0.2, 0) is 11.2 Å². The first-order valence-corrected chi connectivity index (χ1v) is 9.70. The van der Waals surface area contributed by atoms with Gasteiger partial charge in [0.15, 0.2) is 0 Å². The Labute approximate surface area is 166 Å². The van der Waals surface area contributed by atoms with Crippen molar-refractivity contribution in [2.24, 2.45) is 5.92 Å². The highest BCUT2D eigenvalue weighted by Crippen LogP contribution is 2.29. The number of nitrogens with one attached hydrogen (secondary N) is 1. The Balaban J connectivity index is 1.90. The monoisotopic (exact) mass is 428 g/mol. The number of aryl methyl sites for hydroxylation is 1. The molecule has 1 atom stereocenters. The summed E-state index contributed by atoms with van der Waals surface area (Å²) in [6.07, 6.45) is 0.885. The number of imide groups is 1. The van der Waals surface area contributed by atoms with Crippen molar-refractivity contribution >= 4 is 39.3 Å². The second-order valence-electron chi connectivity index (χ2n) is 6.87. The lowest BCUT2D eigenvalue weighted by Gasteiger charge is -2.28. The molecule has 140 valence electrons. The number of hydrogen-bond acceptors (Lipinski definition) is 3. The minimum atomic E-state index is -0.893. The molecule has 0 aromatic heterocycles. The molecule has 1 aliphatic heterocycles. The van der Waals surface area contributed by atoms with Crippen LogP contribution in [0.4, 0.5) is 5.69 Å². The molecule has 0 bridgehead atoms. The fourth-order valence-electron chi connectivity index (χ4n) is 3.27. The molecule has 3 amide bonds. The number of benzene rings is 2. The van der Waals surface area contributed by atoms with Crippen molar-refractivity contribution in [2.45, 2.75) is 33.2 Å². The van der Waals surface area contributed by atoms with E-state index >= 15 is 0 Å². The summed E-state index contributed by atoms with van der Waals surface area (Å²) in [4.78, 5) is 39.6. The maximum atomic E-state index is 13.0. The number of anilines is 1. The van der Waals surface area contributed by atoms with Crippen molar-refractivity contribution in [3.8, 4) is 0 Å². The molecular weight excluding hydrogens is 408 g/mol. The standard InChI is InChI=1S/C21H21BrN2O3/c1-4-13-9-10-17(16(22)11-13)23-19(25)18(12(2)3)24-20(26)14-7-5-6-8-15(14)21(24)27/h5-12,18H,4H2,1-3H3,(H,23,25).